The molecule has 1 aliphatic heterocycles. The molecule has 0 spiro atoms. The summed E-state index contributed by atoms with van der Waals surface area (Å²) >= 11 is 0. The summed E-state index contributed by atoms with van der Waals surface area (Å²) in [5, 5.41) is 13.0. The lowest BCUT2D eigenvalue weighted by molar-refractivity contribution is -0.245. The van der Waals surface area contributed by atoms with Crippen LogP contribution in [0, 0.1) is 0 Å². The van der Waals surface area contributed by atoms with Crippen LogP contribution in [0.2, 0.25) is 0 Å². The van der Waals surface area contributed by atoms with Crippen LogP contribution in [-0.2, 0) is 14.2 Å². The van der Waals surface area contributed by atoms with E-state index in [1.54, 1.807) is 6.92 Å². The van der Waals surface area contributed by atoms with Gasteiger partial charge in [-0.2, -0.15) is 0 Å². The molecule has 1 saturated heterocycles. The van der Waals surface area contributed by atoms with Crippen molar-refractivity contribution in [3.05, 3.63) is 10.4 Å². The van der Waals surface area contributed by atoms with Crippen molar-refractivity contribution in [2.75, 3.05) is 13.8 Å². The molecule has 0 radical (unpaired) electrons. The molecule has 0 aliphatic carbocycles. The van der Waals surface area contributed by atoms with Crippen LogP contribution in [0.25, 0.3) is 10.4 Å². The highest BCUT2D eigenvalue weighted by molar-refractivity contribution is 4.81. The Morgan fingerprint density at radius 3 is 3.00 bits per heavy atom. The molecular weight excluding hydrogens is 202 g/mol. The van der Waals surface area contributed by atoms with Crippen LogP contribution in [0.15, 0.2) is 5.11 Å². The molecule has 1 aliphatic rings. The van der Waals surface area contributed by atoms with Crippen LogP contribution in [0.3, 0.4) is 0 Å². The quantitative estimate of drug-likeness (QED) is 0.427. The molecule has 1 rings (SSSR count). The number of aliphatic hydroxyl groups is 1. The Kier molecular flexibility index (Phi) is 4.80. The first kappa shape index (κ1) is 12.2. The molecule has 0 aromatic rings. The molecule has 0 bridgehead atoms. The van der Waals surface area contributed by atoms with Gasteiger partial charge in [-0.15, -0.1) is 0 Å². The van der Waals surface area contributed by atoms with Crippen LogP contribution in [0.1, 0.15) is 13.3 Å². The molecule has 1 fully saturated rings. The monoisotopic (exact) mass is 217 g/mol. The third-order valence-corrected chi connectivity index (χ3v) is 2.33. The number of nitrogens with zero attached hydrogens (tertiary/aromatic N) is 3. The highest BCUT2D eigenvalue weighted by Crippen LogP contribution is 2.22. The van der Waals surface area contributed by atoms with Gasteiger partial charge in [0.15, 0.2) is 6.29 Å². The number of aliphatic hydroxyl groups excluding tert-OH is 1. The van der Waals surface area contributed by atoms with Crippen molar-refractivity contribution in [2.24, 2.45) is 5.11 Å². The van der Waals surface area contributed by atoms with Gasteiger partial charge in [0.25, 0.3) is 0 Å². The SMILES string of the molecule is COC1CC(OCN=[N+]=[N-])C(O)C(C)O1. The number of methoxy groups -OCH3 is 1. The lowest BCUT2D eigenvalue weighted by atomic mass is 10.0. The molecule has 4 atom stereocenters. The highest BCUT2D eigenvalue weighted by atomic mass is 16.7. The van der Waals surface area contributed by atoms with Crippen LogP contribution < -0.4 is 0 Å². The third-order valence-electron chi connectivity index (χ3n) is 2.33. The number of rotatable bonds is 4. The normalized spacial score (nSPS) is 35.9. The summed E-state index contributed by atoms with van der Waals surface area (Å²) in [5.41, 5.74) is 8.08. The Hall–Kier alpha value is -0.850. The van der Waals surface area contributed by atoms with Crippen LogP contribution >= 0.6 is 0 Å². The fourth-order valence-electron chi connectivity index (χ4n) is 1.48. The Balaban J connectivity index is 2.48. The van der Waals surface area contributed by atoms with E-state index in [-0.39, 0.29) is 19.1 Å². The second kappa shape index (κ2) is 5.89. The average molecular weight is 217 g/mol. The minimum absolute atomic E-state index is 0.0959. The first-order valence-corrected chi connectivity index (χ1v) is 4.67. The second-order valence-electron chi connectivity index (χ2n) is 3.30. The fourth-order valence-corrected chi connectivity index (χ4v) is 1.48. The zero-order valence-corrected chi connectivity index (χ0v) is 8.74. The molecule has 7 heteroatoms. The zero-order valence-electron chi connectivity index (χ0n) is 8.74. The summed E-state index contributed by atoms with van der Waals surface area (Å²) in [4.78, 5) is 2.56. The van der Waals surface area contributed by atoms with Gasteiger partial charge in [-0.3, -0.25) is 0 Å². The first-order chi connectivity index (χ1) is 7.19. The van der Waals surface area contributed by atoms with E-state index in [2.05, 4.69) is 10.0 Å². The second-order valence-corrected chi connectivity index (χ2v) is 3.30. The molecule has 86 valence electrons. The van der Waals surface area contributed by atoms with E-state index in [1.165, 1.54) is 7.11 Å². The van der Waals surface area contributed by atoms with Gasteiger partial charge in [0.05, 0.1) is 12.2 Å². The first-order valence-electron chi connectivity index (χ1n) is 4.67. The Bertz CT molecular complexity index is 244. The Morgan fingerprint density at radius 2 is 2.40 bits per heavy atom. The molecule has 1 heterocycles. The predicted octanol–water partition coefficient (Wildman–Crippen LogP) is 0.782. The zero-order chi connectivity index (χ0) is 11.3. The van der Waals surface area contributed by atoms with E-state index in [0.29, 0.717) is 6.42 Å². The Morgan fingerprint density at radius 1 is 1.67 bits per heavy atom. The van der Waals surface area contributed by atoms with Crippen molar-refractivity contribution >= 4 is 0 Å². The maximum atomic E-state index is 9.71. The number of hydrogen-bond acceptors (Lipinski definition) is 5. The number of ether oxygens (including phenoxy) is 3. The molecule has 1 N–H and O–H groups in total. The lowest BCUT2D eigenvalue weighted by Crippen LogP contribution is -2.48. The minimum Gasteiger partial charge on any atom is -0.388 e. The van der Waals surface area contributed by atoms with Crippen molar-refractivity contribution in [3.8, 4) is 0 Å². The summed E-state index contributed by atoms with van der Waals surface area (Å²) in [6.45, 7) is 1.64. The summed E-state index contributed by atoms with van der Waals surface area (Å²) in [6, 6.07) is 0. The molecule has 15 heavy (non-hydrogen) atoms. The van der Waals surface area contributed by atoms with Crippen molar-refractivity contribution in [2.45, 2.75) is 37.9 Å². The van der Waals surface area contributed by atoms with Gasteiger partial charge < -0.3 is 19.3 Å². The van der Waals surface area contributed by atoms with E-state index in [1.807, 2.05) is 0 Å². The van der Waals surface area contributed by atoms with Gasteiger partial charge in [-0.1, -0.05) is 5.11 Å². The van der Waals surface area contributed by atoms with E-state index < -0.39 is 12.2 Å². The standard InChI is InChI=1S/C8H15N3O4/c1-5-8(12)6(14-4-10-11-9)3-7(13-2)15-5/h5-8,12H,3-4H2,1-2H3. The van der Waals surface area contributed by atoms with Crippen molar-refractivity contribution in [1.82, 2.24) is 0 Å². The fraction of sp³-hybridized carbons (Fsp3) is 1.00. The largest absolute Gasteiger partial charge is 0.388 e. The average Bonchev–Trinajstić information content (AvgIpc) is 2.24. The lowest BCUT2D eigenvalue weighted by Gasteiger charge is -2.36. The van der Waals surface area contributed by atoms with E-state index in [0.717, 1.165) is 0 Å². The third kappa shape index (κ3) is 3.33. The van der Waals surface area contributed by atoms with Gasteiger partial charge in [-0.05, 0) is 12.5 Å². The van der Waals surface area contributed by atoms with Crippen LogP contribution in [0.4, 0.5) is 0 Å². The minimum atomic E-state index is -0.731. The molecule has 7 nitrogen and oxygen atoms in total. The van der Waals surface area contributed by atoms with Gasteiger partial charge >= 0.3 is 0 Å². The molecular formula is C8H15N3O4. The predicted molar refractivity (Wildman–Crippen MR) is 50.9 cm³/mol. The maximum absolute atomic E-state index is 9.71. The topological polar surface area (TPSA) is 96.7 Å². The summed E-state index contributed by atoms with van der Waals surface area (Å²) < 4.78 is 15.6. The van der Waals surface area contributed by atoms with Crippen molar-refractivity contribution in [3.63, 3.8) is 0 Å². The van der Waals surface area contributed by atoms with Crippen LogP contribution in [0.5, 0.6) is 0 Å². The number of hydrogen-bond donors (Lipinski definition) is 1. The van der Waals surface area contributed by atoms with Gasteiger partial charge in [0, 0.05) is 18.4 Å². The highest BCUT2D eigenvalue weighted by Gasteiger charge is 2.35. The van der Waals surface area contributed by atoms with Gasteiger partial charge in [-0.25, -0.2) is 0 Å². The molecule has 0 amide bonds. The number of azide groups is 1. The molecule has 0 aromatic carbocycles. The smallest absolute Gasteiger partial charge is 0.160 e. The summed E-state index contributed by atoms with van der Waals surface area (Å²) in [5.74, 6) is 0. The van der Waals surface area contributed by atoms with Crippen molar-refractivity contribution < 1.29 is 19.3 Å². The molecule has 0 aromatic heterocycles. The van der Waals surface area contributed by atoms with Crippen molar-refractivity contribution in [1.29, 1.82) is 0 Å². The Labute approximate surface area is 87.6 Å². The molecule has 0 saturated carbocycles. The summed E-state index contributed by atoms with van der Waals surface area (Å²) in [7, 11) is 1.53. The van der Waals surface area contributed by atoms with Gasteiger partial charge in [0.1, 0.15) is 12.8 Å². The van der Waals surface area contributed by atoms with E-state index in [9.17, 15) is 5.11 Å². The molecule has 4 unspecified atom stereocenters. The van der Waals surface area contributed by atoms with E-state index >= 15 is 0 Å². The van der Waals surface area contributed by atoms with Gasteiger partial charge in [0.2, 0.25) is 0 Å². The maximum Gasteiger partial charge on any atom is 0.160 e. The van der Waals surface area contributed by atoms with Crippen LogP contribution in [-0.4, -0.2) is 43.5 Å². The summed E-state index contributed by atoms with van der Waals surface area (Å²) in [6.07, 6.45) is -1.49. The van der Waals surface area contributed by atoms with E-state index in [4.69, 9.17) is 19.7 Å².